The molecule has 0 saturated heterocycles. The van der Waals surface area contributed by atoms with Gasteiger partial charge in [0.15, 0.2) is 0 Å². The second-order valence-corrected chi connectivity index (χ2v) is 13.7. The van der Waals surface area contributed by atoms with Crippen molar-refractivity contribution in [1.29, 1.82) is 0 Å². The minimum Gasteiger partial charge on any atom is -0.394 e. The van der Waals surface area contributed by atoms with Crippen LogP contribution in [0.4, 0.5) is 0 Å². The summed E-state index contributed by atoms with van der Waals surface area (Å²) in [4.78, 5) is 12.3. The molecule has 0 aliphatic carbocycles. The molecule has 0 bridgehead atoms. The molecule has 0 aliphatic heterocycles. The van der Waals surface area contributed by atoms with Gasteiger partial charge < -0.3 is 15.5 Å². The molecule has 274 valence electrons. The summed E-state index contributed by atoms with van der Waals surface area (Å²) in [5.41, 5.74) is 0. The Morgan fingerprint density at radius 1 is 0.532 bits per heavy atom. The van der Waals surface area contributed by atoms with Gasteiger partial charge in [0.1, 0.15) is 0 Å². The summed E-state index contributed by atoms with van der Waals surface area (Å²) in [6.45, 7) is 4.22. The predicted octanol–water partition coefficient (Wildman–Crippen LogP) is 12.4. The lowest BCUT2D eigenvalue weighted by Crippen LogP contribution is -2.45. The zero-order valence-corrected chi connectivity index (χ0v) is 31.3. The summed E-state index contributed by atoms with van der Waals surface area (Å²) >= 11 is 0. The molecule has 4 heteroatoms. The number of amides is 1. The van der Waals surface area contributed by atoms with Crippen molar-refractivity contribution in [2.24, 2.45) is 0 Å². The van der Waals surface area contributed by atoms with E-state index in [2.05, 4.69) is 67.8 Å². The van der Waals surface area contributed by atoms with Crippen LogP contribution in [0.3, 0.4) is 0 Å². The minimum absolute atomic E-state index is 0.0374. The summed E-state index contributed by atoms with van der Waals surface area (Å²) in [7, 11) is 0. The monoisotopic (exact) mass is 658 g/mol. The average Bonchev–Trinajstić information content (AvgIpc) is 3.07. The van der Waals surface area contributed by atoms with Gasteiger partial charge in [-0.1, -0.05) is 191 Å². The van der Waals surface area contributed by atoms with Crippen LogP contribution in [0, 0.1) is 0 Å². The molecule has 0 saturated carbocycles. The van der Waals surface area contributed by atoms with Crippen LogP contribution in [0.25, 0.3) is 0 Å². The summed E-state index contributed by atoms with van der Waals surface area (Å²) in [6, 6.07) is -0.536. The highest BCUT2D eigenvalue weighted by Gasteiger charge is 2.19. The van der Waals surface area contributed by atoms with Crippen LogP contribution in [0.5, 0.6) is 0 Å². The molecule has 0 radical (unpaired) electrons. The van der Waals surface area contributed by atoms with Crippen LogP contribution in [0.1, 0.15) is 200 Å². The fraction of sp³-hybridized carbons (Fsp3) is 0.791. The molecule has 1 amide bonds. The molecule has 4 nitrogen and oxygen atoms in total. The maximum absolute atomic E-state index is 12.3. The Labute approximate surface area is 293 Å². The molecular weight excluding hydrogens is 578 g/mol. The molecule has 2 atom stereocenters. The van der Waals surface area contributed by atoms with Crippen molar-refractivity contribution in [3.63, 3.8) is 0 Å². The Morgan fingerprint density at radius 3 is 1.40 bits per heavy atom. The molecule has 0 fully saturated rings. The molecular formula is C43H79NO3. The fourth-order valence-corrected chi connectivity index (χ4v) is 6.00. The van der Waals surface area contributed by atoms with Crippen molar-refractivity contribution in [2.45, 2.75) is 212 Å². The van der Waals surface area contributed by atoms with Gasteiger partial charge in [0.25, 0.3) is 0 Å². The van der Waals surface area contributed by atoms with Crippen molar-refractivity contribution in [3.8, 4) is 0 Å². The van der Waals surface area contributed by atoms with Gasteiger partial charge >= 0.3 is 0 Å². The van der Waals surface area contributed by atoms with Gasteiger partial charge in [-0.2, -0.15) is 0 Å². The molecule has 0 aromatic carbocycles. The number of aliphatic hydroxyl groups is 2. The zero-order valence-electron chi connectivity index (χ0n) is 31.3. The van der Waals surface area contributed by atoms with E-state index >= 15 is 0 Å². The van der Waals surface area contributed by atoms with Gasteiger partial charge in [0, 0.05) is 6.42 Å². The molecule has 0 rings (SSSR count). The summed E-state index contributed by atoms with van der Waals surface area (Å²) in [6.07, 6.45) is 51.8. The SMILES string of the molecule is CC/C=C\C/C=C\C/C=C\C/C=C\CCCCCCCCCCCCCCC(=O)NC(CO)C(O)CCCCCCCCCCCC. The first-order chi connectivity index (χ1) is 23.2. The summed E-state index contributed by atoms with van der Waals surface area (Å²) in [5.74, 6) is -0.0374. The highest BCUT2D eigenvalue weighted by molar-refractivity contribution is 5.76. The number of carbonyl (C=O) groups is 1. The molecule has 2 unspecified atom stereocenters. The van der Waals surface area contributed by atoms with E-state index in [9.17, 15) is 15.0 Å². The number of carbonyl (C=O) groups excluding carboxylic acids is 1. The maximum Gasteiger partial charge on any atom is 0.220 e. The highest BCUT2D eigenvalue weighted by atomic mass is 16.3. The van der Waals surface area contributed by atoms with E-state index in [1.165, 1.54) is 122 Å². The number of rotatable bonds is 36. The Balaban J connectivity index is 3.51. The number of aliphatic hydroxyl groups excluding tert-OH is 2. The maximum atomic E-state index is 12.3. The van der Waals surface area contributed by atoms with Crippen LogP contribution in [-0.2, 0) is 4.79 Å². The average molecular weight is 658 g/mol. The first-order valence-electron chi connectivity index (χ1n) is 20.3. The van der Waals surface area contributed by atoms with Crippen molar-refractivity contribution in [2.75, 3.05) is 6.61 Å². The van der Waals surface area contributed by atoms with Crippen molar-refractivity contribution in [3.05, 3.63) is 48.6 Å². The first-order valence-corrected chi connectivity index (χ1v) is 20.3. The largest absolute Gasteiger partial charge is 0.394 e. The highest BCUT2D eigenvalue weighted by Crippen LogP contribution is 2.15. The molecule has 0 aromatic heterocycles. The quantitative estimate of drug-likeness (QED) is 0.0464. The summed E-state index contributed by atoms with van der Waals surface area (Å²) in [5, 5.41) is 23.0. The Kier molecular flexibility index (Phi) is 37.4. The van der Waals surface area contributed by atoms with E-state index < -0.39 is 12.1 Å². The lowest BCUT2D eigenvalue weighted by atomic mass is 10.0. The molecule has 0 heterocycles. The van der Waals surface area contributed by atoms with E-state index in [4.69, 9.17) is 0 Å². The van der Waals surface area contributed by atoms with Gasteiger partial charge in [-0.25, -0.2) is 0 Å². The third-order valence-corrected chi connectivity index (χ3v) is 9.10. The predicted molar refractivity (Wildman–Crippen MR) is 207 cm³/mol. The second-order valence-electron chi connectivity index (χ2n) is 13.7. The van der Waals surface area contributed by atoms with Crippen molar-refractivity contribution >= 4 is 5.91 Å². The van der Waals surface area contributed by atoms with Gasteiger partial charge in [-0.15, -0.1) is 0 Å². The molecule has 0 aromatic rings. The number of unbranched alkanes of at least 4 members (excludes halogenated alkanes) is 21. The van der Waals surface area contributed by atoms with Gasteiger partial charge in [-0.05, 0) is 51.4 Å². The van der Waals surface area contributed by atoms with Gasteiger partial charge in [-0.3, -0.25) is 4.79 Å². The van der Waals surface area contributed by atoms with E-state index in [1.54, 1.807) is 0 Å². The van der Waals surface area contributed by atoms with Crippen LogP contribution >= 0.6 is 0 Å². The van der Waals surface area contributed by atoms with Crippen molar-refractivity contribution < 1.29 is 15.0 Å². The second kappa shape index (κ2) is 38.8. The third-order valence-electron chi connectivity index (χ3n) is 9.10. The number of hydrogen-bond acceptors (Lipinski definition) is 3. The Hall–Kier alpha value is -1.65. The van der Waals surface area contributed by atoms with Crippen molar-refractivity contribution in [1.82, 2.24) is 5.32 Å². The van der Waals surface area contributed by atoms with Crippen LogP contribution in [0.2, 0.25) is 0 Å². The number of hydrogen-bond donors (Lipinski definition) is 3. The molecule has 0 spiro atoms. The molecule has 47 heavy (non-hydrogen) atoms. The van der Waals surface area contributed by atoms with Gasteiger partial charge in [0.2, 0.25) is 5.91 Å². The van der Waals surface area contributed by atoms with E-state index in [-0.39, 0.29) is 12.5 Å². The molecule has 3 N–H and O–H groups in total. The van der Waals surface area contributed by atoms with Crippen LogP contribution < -0.4 is 5.32 Å². The Bertz CT molecular complexity index is 756. The minimum atomic E-state index is -0.658. The van der Waals surface area contributed by atoms with E-state index in [0.29, 0.717) is 12.8 Å². The molecule has 0 aliphatic rings. The van der Waals surface area contributed by atoms with Crippen LogP contribution in [0.15, 0.2) is 48.6 Å². The Morgan fingerprint density at radius 2 is 0.936 bits per heavy atom. The third kappa shape index (κ3) is 35.5. The fourth-order valence-electron chi connectivity index (χ4n) is 6.00. The van der Waals surface area contributed by atoms with Gasteiger partial charge in [0.05, 0.1) is 18.8 Å². The summed E-state index contributed by atoms with van der Waals surface area (Å²) < 4.78 is 0. The van der Waals surface area contributed by atoms with E-state index in [0.717, 1.165) is 51.4 Å². The zero-order chi connectivity index (χ0) is 34.3. The number of nitrogens with one attached hydrogen (secondary N) is 1. The van der Waals surface area contributed by atoms with E-state index in [1.807, 2.05) is 0 Å². The number of allylic oxidation sites excluding steroid dienone is 8. The van der Waals surface area contributed by atoms with Crippen LogP contribution in [-0.4, -0.2) is 34.9 Å². The lowest BCUT2D eigenvalue weighted by Gasteiger charge is -2.22. The topological polar surface area (TPSA) is 69.6 Å². The standard InChI is InChI=1S/C43H79NO3/c1-3-5-7-9-11-13-15-16-17-18-19-20-21-22-23-24-25-26-27-28-29-31-33-35-37-39-43(47)44-41(40-45)42(46)38-36-34-32-30-14-12-10-8-6-4-2/h5,7,11,13,16-17,19-20,41-42,45-46H,3-4,6,8-10,12,14-15,18,21-40H2,1-2H3,(H,44,47)/b7-5-,13-11-,17-16-,20-19-. The lowest BCUT2D eigenvalue weighted by molar-refractivity contribution is -0.123. The first kappa shape index (κ1) is 45.3. The smallest absolute Gasteiger partial charge is 0.220 e. The normalized spacial score (nSPS) is 13.5.